The number of nitrogens with zero attached hydrogens (tertiary/aromatic N) is 4. The van der Waals surface area contributed by atoms with Crippen LogP contribution in [0.15, 0.2) is 35.1 Å². The molecule has 8 nitrogen and oxygen atoms in total. The third-order valence-electron chi connectivity index (χ3n) is 5.29. The van der Waals surface area contributed by atoms with Crippen LogP contribution in [0.25, 0.3) is 11.2 Å². The summed E-state index contributed by atoms with van der Waals surface area (Å²) in [6.45, 7) is 6.29. The molecule has 4 N–H and O–H groups in total. The molecule has 2 aromatic heterocycles. The normalized spacial score (nSPS) is 14.2. The second-order valence-corrected chi connectivity index (χ2v) is 9.30. The van der Waals surface area contributed by atoms with Crippen LogP contribution in [0, 0.1) is 0 Å². The lowest BCUT2D eigenvalue weighted by Gasteiger charge is -2.23. The van der Waals surface area contributed by atoms with Gasteiger partial charge in [-0.1, -0.05) is 47.3 Å². The summed E-state index contributed by atoms with van der Waals surface area (Å²) in [4.78, 5) is 23.4. The molecule has 2 heterocycles. The van der Waals surface area contributed by atoms with Gasteiger partial charge in [-0.15, -0.1) is 0 Å². The van der Waals surface area contributed by atoms with Crippen molar-refractivity contribution in [3.8, 4) is 0 Å². The Bertz CT molecular complexity index is 1020. The van der Waals surface area contributed by atoms with E-state index in [4.69, 9.17) is 9.97 Å². The van der Waals surface area contributed by atoms with E-state index in [1.807, 2.05) is 6.33 Å². The number of anilines is 2. The predicted octanol–water partition coefficient (Wildman–Crippen LogP) is 5.02. The van der Waals surface area contributed by atoms with Crippen LogP contribution in [-0.4, -0.2) is 31.5 Å². The molecule has 1 aliphatic carbocycles. The molecule has 1 aromatic carbocycles. The predicted molar refractivity (Wildman–Crippen MR) is 133 cm³/mol. The fraction of sp³-hybridized carbons (Fsp3) is 0.478. The summed E-state index contributed by atoms with van der Waals surface area (Å²) in [7, 11) is 0. The van der Waals surface area contributed by atoms with Crippen molar-refractivity contribution < 1.29 is 4.79 Å². The quantitative estimate of drug-likeness (QED) is 0.437. The summed E-state index contributed by atoms with van der Waals surface area (Å²) in [5.41, 5.74) is 7.36. The molecule has 0 atom stereocenters. The third-order valence-corrected chi connectivity index (χ3v) is 5.82. The fourth-order valence-corrected chi connectivity index (χ4v) is 3.96. The minimum atomic E-state index is -0.333. The number of carbonyl (C=O) groups is 1. The number of aromatic nitrogens is 4. The van der Waals surface area contributed by atoms with E-state index in [9.17, 15) is 4.79 Å². The van der Waals surface area contributed by atoms with Crippen molar-refractivity contribution in [2.24, 2.45) is 5.73 Å². The van der Waals surface area contributed by atoms with Gasteiger partial charge in [-0.3, -0.25) is 4.79 Å². The number of hydrogen-bond donors (Lipinski definition) is 3. The largest absolute Gasteiger partial charge is 0.370 e. The van der Waals surface area contributed by atoms with Gasteiger partial charge < -0.3 is 20.9 Å². The van der Waals surface area contributed by atoms with Crippen molar-refractivity contribution in [3.05, 3.63) is 40.6 Å². The molecule has 9 heteroatoms. The Labute approximate surface area is 197 Å². The Kier molecular flexibility index (Phi) is 8.44. The molecule has 1 fully saturated rings. The lowest BCUT2D eigenvalue weighted by atomic mass is 9.96. The van der Waals surface area contributed by atoms with E-state index in [0.717, 1.165) is 21.5 Å². The van der Waals surface area contributed by atoms with Crippen molar-refractivity contribution in [3.63, 3.8) is 0 Å². The second-order valence-electron chi connectivity index (χ2n) is 8.38. The molecular formula is C23H32BrN7O. The van der Waals surface area contributed by atoms with Gasteiger partial charge in [0.2, 0.25) is 11.9 Å². The average Bonchev–Trinajstić information content (AvgIpc) is 3.18. The molecule has 0 spiro atoms. The summed E-state index contributed by atoms with van der Waals surface area (Å²) in [5, 5.41) is 7.04. The van der Waals surface area contributed by atoms with Gasteiger partial charge in [0.1, 0.15) is 0 Å². The standard InChI is InChI=1S/C21H27BrN6.C2H5NO/c1-14(2)28-13-24-18-19(23-12-15-8-10-16(22)11-9-15)26-21(27-20(18)28)25-17-6-4-3-5-7-17;1-2(3)4/h8-11,13-14,17H,3-7,12H2,1-2H3,(H2,23,25,26,27);1H3,(H2,3,4). The number of imidazole rings is 1. The van der Waals surface area contributed by atoms with Crippen LogP contribution >= 0.6 is 15.9 Å². The summed E-state index contributed by atoms with van der Waals surface area (Å²) >= 11 is 3.48. The topological polar surface area (TPSA) is 111 Å². The van der Waals surface area contributed by atoms with E-state index >= 15 is 0 Å². The molecule has 3 aromatic rings. The van der Waals surface area contributed by atoms with Crippen LogP contribution in [0.1, 0.15) is 64.5 Å². The molecule has 1 amide bonds. The maximum absolute atomic E-state index is 9.22. The van der Waals surface area contributed by atoms with Crippen LogP contribution in [0.3, 0.4) is 0 Å². The zero-order valence-corrected chi connectivity index (χ0v) is 20.5. The van der Waals surface area contributed by atoms with E-state index in [0.29, 0.717) is 24.6 Å². The zero-order valence-electron chi connectivity index (χ0n) is 18.9. The summed E-state index contributed by atoms with van der Waals surface area (Å²) in [6.07, 6.45) is 8.12. The summed E-state index contributed by atoms with van der Waals surface area (Å²) in [6, 6.07) is 9.06. The second kappa shape index (κ2) is 11.3. The third kappa shape index (κ3) is 6.66. The molecule has 0 saturated heterocycles. The van der Waals surface area contributed by atoms with Crippen LogP contribution in [0.2, 0.25) is 0 Å². The van der Waals surface area contributed by atoms with Gasteiger partial charge in [0.05, 0.1) is 6.33 Å². The number of primary amides is 1. The van der Waals surface area contributed by atoms with Gasteiger partial charge in [-0.25, -0.2) is 4.98 Å². The molecule has 4 rings (SSSR count). The SMILES string of the molecule is CC(C)n1cnc2c(NCc3ccc(Br)cc3)nc(NC3CCCCC3)nc21.CC(N)=O. The first kappa shape index (κ1) is 24.0. The number of hydrogen-bond acceptors (Lipinski definition) is 6. The number of carbonyl (C=O) groups excluding carboxylic acids is 1. The van der Waals surface area contributed by atoms with Crippen LogP contribution in [0.5, 0.6) is 0 Å². The Morgan fingerprint density at radius 1 is 1.19 bits per heavy atom. The maximum atomic E-state index is 9.22. The Morgan fingerprint density at radius 3 is 2.47 bits per heavy atom. The van der Waals surface area contributed by atoms with Gasteiger partial charge in [-0.05, 0) is 44.4 Å². The molecule has 1 saturated carbocycles. The highest BCUT2D eigenvalue weighted by Crippen LogP contribution is 2.26. The highest BCUT2D eigenvalue weighted by Gasteiger charge is 2.18. The van der Waals surface area contributed by atoms with Crippen molar-refractivity contribution >= 4 is 44.8 Å². The Balaban J connectivity index is 0.000000668. The van der Waals surface area contributed by atoms with Crippen LogP contribution in [-0.2, 0) is 11.3 Å². The first-order chi connectivity index (χ1) is 15.3. The van der Waals surface area contributed by atoms with E-state index in [-0.39, 0.29) is 5.91 Å². The Morgan fingerprint density at radius 2 is 1.84 bits per heavy atom. The van der Waals surface area contributed by atoms with E-state index < -0.39 is 0 Å². The summed E-state index contributed by atoms with van der Waals surface area (Å²) in [5.74, 6) is 1.14. The number of nitrogens with one attached hydrogen (secondary N) is 2. The van der Waals surface area contributed by atoms with Gasteiger partial charge in [0, 0.05) is 30.0 Å². The first-order valence-electron chi connectivity index (χ1n) is 11.1. The summed E-state index contributed by atoms with van der Waals surface area (Å²) < 4.78 is 3.18. The van der Waals surface area contributed by atoms with E-state index in [2.05, 4.69) is 80.0 Å². The number of fused-ring (bicyclic) bond motifs is 1. The molecule has 0 aliphatic heterocycles. The monoisotopic (exact) mass is 501 g/mol. The maximum Gasteiger partial charge on any atom is 0.227 e. The Hall–Kier alpha value is -2.68. The number of amides is 1. The molecule has 0 radical (unpaired) electrons. The van der Waals surface area contributed by atoms with Gasteiger partial charge in [0.25, 0.3) is 0 Å². The fourth-order valence-electron chi connectivity index (χ4n) is 3.70. The molecule has 32 heavy (non-hydrogen) atoms. The zero-order chi connectivity index (χ0) is 23.1. The van der Waals surface area contributed by atoms with Gasteiger partial charge in [-0.2, -0.15) is 9.97 Å². The molecule has 0 bridgehead atoms. The lowest BCUT2D eigenvalue weighted by Crippen LogP contribution is -2.24. The van der Waals surface area contributed by atoms with E-state index in [1.54, 1.807) is 0 Å². The molecule has 172 valence electrons. The number of nitrogens with two attached hydrogens (primary N) is 1. The van der Waals surface area contributed by atoms with Crippen LogP contribution < -0.4 is 16.4 Å². The van der Waals surface area contributed by atoms with Crippen molar-refractivity contribution in [2.75, 3.05) is 10.6 Å². The van der Waals surface area contributed by atoms with Crippen molar-refractivity contribution in [1.82, 2.24) is 19.5 Å². The molecule has 1 aliphatic rings. The van der Waals surface area contributed by atoms with E-state index in [1.165, 1.54) is 44.6 Å². The lowest BCUT2D eigenvalue weighted by molar-refractivity contribution is -0.115. The number of halogens is 1. The van der Waals surface area contributed by atoms with Gasteiger partial charge >= 0.3 is 0 Å². The molecule has 0 unspecified atom stereocenters. The average molecular weight is 502 g/mol. The minimum absolute atomic E-state index is 0.293. The smallest absolute Gasteiger partial charge is 0.227 e. The van der Waals surface area contributed by atoms with Crippen LogP contribution in [0.4, 0.5) is 11.8 Å². The highest BCUT2D eigenvalue weighted by atomic mass is 79.9. The number of benzene rings is 1. The van der Waals surface area contributed by atoms with Crippen molar-refractivity contribution in [1.29, 1.82) is 0 Å². The van der Waals surface area contributed by atoms with Crippen molar-refractivity contribution in [2.45, 2.75) is 71.5 Å². The highest BCUT2D eigenvalue weighted by molar-refractivity contribution is 9.10. The molecular weight excluding hydrogens is 470 g/mol. The minimum Gasteiger partial charge on any atom is -0.370 e. The van der Waals surface area contributed by atoms with Gasteiger partial charge in [0.15, 0.2) is 17.0 Å². The first-order valence-corrected chi connectivity index (χ1v) is 11.9. The number of rotatable bonds is 6.